The van der Waals surface area contributed by atoms with E-state index in [9.17, 15) is 0 Å². The van der Waals surface area contributed by atoms with Crippen LogP contribution in [0.25, 0.3) is 0 Å². The fourth-order valence-corrected chi connectivity index (χ4v) is 2.32. The molecule has 0 heterocycles. The third-order valence-electron chi connectivity index (χ3n) is 2.69. The van der Waals surface area contributed by atoms with Gasteiger partial charge in [0.05, 0.1) is 13.2 Å². The van der Waals surface area contributed by atoms with Crippen LogP contribution in [0, 0.1) is 5.92 Å². The zero-order chi connectivity index (χ0) is 14.8. The second-order valence-electron chi connectivity index (χ2n) is 5.03. The number of nitrogens with two attached hydrogens (primary N) is 2. The fourth-order valence-electron chi connectivity index (χ4n) is 1.52. The van der Waals surface area contributed by atoms with Gasteiger partial charge < -0.3 is 16.2 Å². The van der Waals surface area contributed by atoms with Gasteiger partial charge in [0.25, 0.3) is 0 Å². The lowest BCUT2D eigenvalue weighted by Gasteiger charge is -2.08. The molecule has 0 aliphatic rings. The van der Waals surface area contributed by atoms with Crippen molar-refractivity contribution < 1.29 is 4.74 Å². The second kappa shape index (κ2) is 9.53. The van der Waals surface area contributed by atoms with Crippen LogP contribution in [-0.2, 0) is 5.75 Å². The summed E-state index contributed by atoms with van der Waals surface area (Å²) in [7, 11) is 0. The number of thioether (sulfide) groups is 1. The number of aliphatic imine (C=N–C) groups is 1. The van der Waals surface area contributed by atoms with Gasteiger partial charge in [-0.05, 0) is 30.0 Å². The van der Waals surface area contributed by atoms with Crippen molar-refractivity contribution in [2.75, 3.05) is 18.9 Å². The topological polar surface area (TPSA) is 73.6 Å². The molecule has 20 heavy (non-hydrogen) atoms. The van der Waals surface area contributed by atoms with Crippen LogP contribution in [0.5, 0.6) is 5.75 Å². The molecule has 0 saturated carbocycles. The maximum Gasteiger partial charge on any atom is 0.185 e. The Labute approximate surface area is 126 Å². The SMILES string of the molecule is CC(C)CCOc1ccc(CSCCN=C(N)N)cc1. The van der Waals surface area contributed by atoms with E-state index < -0.39 is 0 Å². The number of benzene rings is 1. The molecule has 5 heteroatoms. The molecule has 4 N–H and O–H groups in total. The number of hydrogen-bond donors (Lipinski definition) is 2. The molecular weight excluding hydrogens is 270 g/mol. The summed E-state index contributed by atoms with van der Waals surface area (Å²) in [6, 6.07) is 8.29. The van der Waals surface area contributed by atoms with E-state index in [1.807, 2.05) is 23.9 Å². The molecule has 0 aliphatic heterocycles. The molecule has 0 aliphatic carbocycles. The summed E-state index contributed by atoms with van der Waals surface area (Å²) < 4.78 is 5.69. The third-order valence-corrected chi connectivity index (χ3v) is 3.69. The average molecular weight is 295 g/mol. The highest BCUT2D eigenvalue weighted by atomic mass is 32.2. The lowest BCUT2D eigenvalue weighted by Crippen LogP contribution is -2.23. The van der Waals surface area contributed by atoms with Crippen LogP contribution in [0.2, 0.25) is 0 Å². The molecule has 112 valence electrons. The molecular formula is C15H25N3OS. The van der Waals surface area contributed by atoms with Crippen LogP contribution in [-0.4, -0.2) is 24.9 Å². The molecule has 0 unspecified atom stereocenters. The molecule has 1 aromatic carbocycles. The van der Waals surface area contributed by atoms with E-state index in [0.29, 0.717) is 12.5 Å². The molecule has 0 saturated heterocycles. The van der Waals surface area contributed by atoms with Gasteiger partial charge in [0.15, 0.2) is 5.96 Å². The monoisotopic (exact) mass is 295 g/mol. The molecule has 0 radical (unpaired) electrons. The Bertz CT molecular complexity index is 400. The number of nitrogens with zero attached hydrogens (tertiary/aromatic N) is 1. The van der Waals surface area contributed by atoms with Gasteiger partial charge in [-0.2, -0.15) is 11.8 Å². The van der Waals surface area contributed by atoms with E-state index in [1.165, 1.54) is 5.56 Å². The van der Waals surface area contributed by atoms with E-state index in [4.69, 9.17) is 16.2 Å². The lowest BCUT2D eigenvalue weighted by molar-refractivity contribution is 0.289. The van der Waals surface area contributed by atoms with Crippen molar-refractivity contribution in [3.63, 3.8) is 0 Å². The first-order valence-corrected chi connectivity index (χ1v) is 8.08. The van der Waals surface area contributed by atoms with Gasteiger partial charge in [0, 0.05) is 11.5 Å². The number of hydrogen-bond acceptors (Lipinski definition) is 3. The molecule has 0 spiro atoms. The van der Waals surface area contributed by atoms with E-state index in [-0.39, 0.29) is 5.96 Å². The van der Waals surface area contributed by atoms with Gasteiger partial charge in [-0.25, -0.2) is 0 Å². The molecule has 1 rings (SSSR count). The van der Waals surface area contributed by atoms with Crippen molar-refractivity contribution in [3.8, 4) is 5.75 Å². The standard InChI is InChI=1S/C15H25N3OS/c1-12(2)7-9-19-14-5-3-13(4-6-14)11-20-10-8-18-15(16)17/h3-6,12H,7-11H2,1-2H3,(H4,16,17,18). The number of rotatable bonds is 9. The molecule has 0 atom stereocenters. The summed E-state index contributed by atoms with van der Waals surface area (Å²) in [5.74, 6) is 3.67. The zero-order valence-electron chi connectivity index (χ0n) is 12.3. The molecule has 0 aromatic heterocycles. The Hall–Kier alpha value is -1.36. The fraction of sp³-hybridized carbons (Fsp3) is 0.533. The summed E-state index contributed by atoms with van der Waals surface area (Å²) in [5.41, 5.74) is 11.8. The quantitative estimate of drug-likeness (QED) is 0.417. The minimum absolute atomic E-state index is 0.161. The summed E-state index contributed by atoms with van der Waals surface area (Å²) in [4.78, 5) is 3.95. The maximum atomic E-state index is 5.69. The minimum Gasteiger partial charge on any atom is -0.494 e. The number of ether oxygens (including phenoxy) is 1. The van der Waals surface area contributed by atoms with Gasteiger partial charge in [-0.1, -0.05) is 26.0 Å². The summed E-state index contributed by atoms with van der Waals surface area (Å²) in [6.07, 6.45) is 1.09. The predicted molar refractivity (Wildman–Crippen MR) is 88.2 cm³/mol. The van der Waals surface area contributed by atoms with E-state index >= 15 is 0 Å². The normalized spacial score (nSPS) is 10.6. The first kappa shape index (κ1) is 16.7. The van der Waals surface area contributed by atoms with Crippen LogP contribution in [0.4, 0.5) is 0 Å². The largest absolute Gasteiger partial charge is 0.494 e. The second-order valence-corrected chi connectivity index (χ2v) is 6.14. The summed E-state index contributed by atoms with van der Waals surface area (Å²) in [6.45, 7) is 5.85. The van der Waals surface area contributed by atoms with Crippen molar-refractivity contribution in [1.29, 1.82) is 0 Å². The van der Waals surface area contributed by atoms with Crippen molar-refractivity contribution >= 4 is 17.7 Å². The first-order valence-electron chi connectivity index (χ1n) is 6.93. The van der Waals surface area contributed by atoms with Crippen LogP contribution in [0.3, 0.4) is 0 Å². The highest BCUT2D eigenvalue weighted by Crippen LogP contribution is 2.17. The maximum absolute atomic E-state index is 5.69. The van der Waals surface area contributed by atoms with Crippen LogP contribution in [0.15, 0.2) is 29.3 Å². The van der Waals surface area contributed by atoms with Crippen LogP contribution >= 0.6 is 11.8 Å². The molecule has 1 aromatic rings. The molecule has 0 bridgehead atoms. The molecule has 0 fully saturated rings. The highest BCUT2D eigenvalue weighted by molar-refractivity contribution is 7.98. The van der Waals surface area contributed by atoms with Crippen molar-refractivity contribution in [2.45, 2.75) is 26.0 Å². The lowest BCUT2D eigenvalue weighted by atomic mass is 10.1. The Kier molecular flexibility index (Phi) is 7.95. The highest BCUT2D eigenvalue weighted by Gasteiger charge is 1.98. The Morgan fingerprint density at radius 2 is 1.95 bits per heavy atom. The van der Waals surface area contributed by atoms with Gasteiger partial charge in [-0.3, -0.25) is 4.99 Å². The van der Waals surface area contributed by atoms with Gasteiger partial charge >= 0.3 is 0 Å². The zero-order valence-corrected chi connectivity index (χ0v) is 13.2. The van der Waals surface area contributed by atoms with Crippen LogP contribution < -0.4 is 16.2 Å². The smallest absolute Gasteiger partial charge is 0.185 e. The van der Waals surface area contributed by atoms with E-state index in [2.05, 4.69) is 31.0 Å². The predicted octanol–water partition coefficient (Wildman–Crippen LogP) is 2.62. The van der Waals surface area contributed by atoms with Crippen LogP contribution in [0.1, 0.15) is 25.8 Å². The van der Waals surface area contributed by atoms with Crippen molar-refractivity contribution in [3.05, 3.63) is 29.8 Å². The first-order chi connectivity index (χ1) is 9.58. The third kappa shape index (κ3) is 7.94. The van der Waals surface area contributed by atoms with E-state index in [1.54, 1.807) is 0 Å². The molecule has 4 nitrogen and oxygen atoms in total. The molecule has 0 amide bonds. The minimum atomic E-state index is 0.161. The Morgan fingerprint density at radius 3 is 2.55 bits per heavy atom. The Balaban J connectivity index is 2.23. The van der Waals surface area contributed by atoms with Gasteiger partial charge in [0.2, 0.25) is 0 Å². The van der Waals surface area contributed by atoms with Crippen molar-refractivity contribution in [2.24, 2.45) is 22.4 Å². The van der Waals surface area contributed by atoms with E-state index in [0.717, 1.165) is 30.3 Å². The summed E-state index contributed by atoms with van der Waals surface area (Å²) >= 11 is 1.82. The Morgan fingerprint density at radius 1 is 1.25 bits per heavy atom. The average Bonchev–Trinajstić information content (AvgIpc) is 2.39. The van der Waals surface area contributed by atoms with Gasteiger partial charge in [0.1, 0.15) is 5.75 Å². The summed E-state index contributed by atoms with van der Waals surface area (Å²) in [5, 5.41) is 0. The van der Waals surface area contributed by atoms with Gasteiger partial charge in [-0.15, -0.1) is 0 Å². The number of guanidine groups is 1. The van der Waals surface area contributed by atoms with Crippen molar-refractivity contribution in [1.82, 2.24) is 0 Å².